The summed E-state index contributed by atoms with van der Waals surface area (Å²) < 4.78 is 18.8. The lowest BCUT2D eigenvalue weighted by atomic mass is 9.97. The van der Waals surface area contributed by atoms with Crippen molar-refractivity contribution in [1.82, 2.24) is 15.0 Å². The molecule has 1 fully saturated rings. The van der Waals surface area contributed by atoms with E-state index in [1.54, 1.807) is 29.5 Å². The van der Waals surface area contributed by atoms with E-state index in [0.29, 0.717) is 44.5 Å². The second-order valence-corrected chi connectivity index (χ2v) is 11.4. The van der Waals surface area contributed by atoms with Gasteiger partial charge in [-0.3, -0.25) is 4.79 Å². The number of carbonyl (C=O) groups excluding carboxylic acids is 1. The van der Waals surface area contributed by atoms with E-state index in [-0.39, 0.29) is 17.6 Å². The van der Waals surface area contributed by atoms with E-state index in [9.17, 15) is 9.18 Å². The number of nitrogens with zero attached hydrogens (tertiary/aromatic N) is 3. The van der Waals surface area contributed by atoms with Gasteiger partial charge in [0.25, 0.3) is 0 Å². The van der Waals surface area contributed by atoms with Gasteiger partial charge in [0, 0.05) is 40.9 Å². The SMILES string of the molecule is O=C(CSc1ccc(F)cc1Cl)N1CCC(c2nc(-c3cc(-c4ccc(Cl)c(Cl)c4)no3)cs2)CC1. The number of halogens is 4. The van der Waals surface area contributed by atoms with Crippen molar-refractivity contribution in [3.8, 4) is 22.7 Å². The maximum Gasteiger partial charge on any atom is 0.232 e. The van der Waals surface area contributed by atoms with Crippen LogP contribution in [0.1, 0.15) is 23.8 Å². The number of hydrogen-bond acceptors (Lipinski definition) is 6. The van der Waals surface area contributed by atoms with E-state index in [1.807, 2.05) is 22.4 Å². The molecule has 36 heavy (non-hydrogen) atoms. The lowest BCUT2D eigenvalue weighted by Gasteiger charge is -2.31. The molecule has 1 amide bonds. The molecule has 0 N–H and O–H groups in total. The second kappa shape index (κ2) is 11.1. The van der Waals surface area contributed by atoms with Gasteiger partial charge in [0.1, 0.15) is 17.2 Å². The van der Waals surface area contributed by atoms with E-state index in [0.717, 1.165) is 29.1 Å². The standard InChI is InChI=1S/C25H19Cl3FN3O2S2/c26-17-3-1-15(9-18(17)27)20-11-22(34-31-20)21-12-36-25(30-21)14-5-7-32(8-6-14)24(33)13-35-23-4-2-16(29)10-19(23)28/h1-4,9-12,14H,5-8,13H2. The molecule has 3 heterocycles. The van der Waals surface area contributed by atoms with Crippen LogP contribution in [-0.2, 0) is 4.79 Å². The highest BCUT2D eigenvalue weighted by molar-refractivity contribution is 8.00. The van der Waals surface area contributed by atoms with Crippen molar-refractivity contribution in [1.29, 1.82) is 0 Å². The van der Waals surface area contributed by atoms with Crippen molar-refractivity contribution in [3.63, 3.8) is 0 Å². The van der Waals surface area contributed by atoms with Crippen LogP contribution in [0.15, 0.2) is 57.3 Å². The first kappa shape index (κ1) is 25.5. The van der Waals surface area contributed by atoms with Crippen LogP contribution in [0.4, 0.5) is 4.39 Å². The predicted octanol–water partition coefficient (Wildman–Crippen LogP) is 8.06. The number of amides is 1. The summed E-state index contributed by atoms with van der Waals surface area (Å²) in [7, 11) is 0. The van der Waals surface area contributed by atoms with Crippen LogP contribution in [0.2, 0.25) is 15.1 Å². The first-order chi connectivity index (χ1) is 17.4. The molecule has 0 saturated carbocycles. The number of carbonyl (C=O) groups is 1. The molecule has 186 valence electrons. The largest absolute Gasteiger partial charge is 0.354 e. The molecule has 1 aliphatic rings. The first-order valence-corrected chi connectivity index (χ1v) is 14.1. The maximum absolute atomic E-state index is 13.2. The number of benzene rings is 2. The Morgan fingerprint density at radius 2 is 1.86 bits per heavy atom. The molecule has 0 aliphatic carbocycles. The maximum atomic E-state index is 13.2. The van der Waals surface area contributed by atoms with Crippen molar-refractivity contribution in [3.05, 3.63) is 73.7 Å². The van der Waals surface area contributed by atoms with Gasteiger partial charge in [-0.25, -0.2) is 9.37 Å². The minimum absolute atomic E-state index is 0.0511. The molecule has 2 aromatic heterocycles. The number of likely N-dealkylation sites (tertiary alicyclic amines) is 1. The molecule has 0 bridgehead atoms. The number of hydrogen-bond donors (Lipinski definition) is 0. The van der Waals surface area contributed by atoms with E-state index >= 15 is 0 Å². The fraction of sp³-hybridized carbons (Fsp3) is 0.240. The van der Waals surface area contributed by atoms with Gasteiger partial charge in [0.05, 0.1) is 25.8 Å². The zero-order chi connectivity index (χ0) is 25.2. The smallest absolute Gasteiger partial charge is 0.232 e. The van der Waals surface area contributed by atoms with Gasteiger partial charge in [-0.2, -0.15) is 0 Å². The summed E-state index contributed by atoms with van der Waals surface area (Å²) in [4.78, 5) is 20.0. The minimum Gasteiger partial charge on any atom is -0.354 e. The Kier molecular flexibility index (Phi) is 7.88. The molecule has 5 nitrogen and oxygen atoms in total. The Bertz CT molecular complexity index is 1400. The fourth-order valence-electron chi connectivity index (χ4n) is 3.97. The zero-order valence-corrected chi connectivity index (χ0v) is 22.6. The predicted molar refractivity (Wildman–Crippen MR) is 144 cm³/mol. The number of thioether (sulfide) groups is 1. The highest BCUT2D eigenvalue weighted by Crippen LogP contribution is 2.35. The molecule has 2 aromatic carbocycles. The van der Waals surface area contributed by atoms with Gasteiger partial charge < -0.3 is 9.42 Å². The molecule has 0 radical (unpaired) electrons. The molecule has 0 atom stereocenters. The number of rotatable bonds is 6. The lowest BCUT2D eigenvalue weighted by molar-refractivity contribution is -0.129. The summed E-state index contributed by atoms with van der Waals surface area (Å²) in [6.07, 6.45) is 1.68. The zero-order valence-electron chi connectivity index (χ0n) is 18.7. The Morgan fingerprint density at radius 3 is 2.61 bits per heavy atom. The van der Waals surface area contributed by atoms with E-state index < -0.39 is 5.82 Å². The van der Waals surface area contributed by atoms with Crippen molar-refractivity contribution in [2.75, 3.05) is 18.8 Å². The molecule has 5 rings (SSSR count). The van der Waals surface area contributed by atoms with Crippen LogP contribution in [0, 0.1) is 5.82 Å². The third kappa shape index (κ3) is 5.73. The van der Waals surface area contributed by atoms with Crippen LogP contribution >= 0.6 is 57.9 Å². The molecular formula is C25H19Cl3FN3O2S2. The summed E-state index contributed by atoms with van der Waals surface area (Å²) in [5.41, 5.74) is 2.20. The lowest BCUT2D eigenvalue weighted by Crippen LogP contribution is -2.38. The van der Waals surface area contributed by atoms with E-state index in [4.69, 9.17) is 44.3 Å². The molecule has 1 saturated heterocycles. The summed E-state index contributed by atoms with van der Waals surface area (Å²) in [5.74, 6) is 0.796. The number of aromatic nitrogens is 2. The average molecular weight is 583 g/mol. The van der Waals surface area contributed by atoms with Crippen LogP contribution in [0.3, 0.4) is 0 Å². The molecule has 0 spiro atoms. The number of thiazole rings is 1. The Morgan fingerprint density at radius 1 is 1.06 bits per heavy atom. The van der Waals surface area contributed by atoms with E-state index in [2.05, 4.69) is 5.16 Å². The van der Waals surface area contributed by atoms with Gasteiger partial charge in [0.15, 0.2) is 5.76 Å². The quantitative estimate of drug-likeness (QED) is 0.215. The fourth-order valence-corrected chi connectivity index (χ4v) is 6.41. The van der Waals surface area contributed by atoms with Gasteiger partial charge in [0.2, 0.25) is 5.91 Å². The van der Waals surface area contributed by atoms with Gasteiger partial charge in [-0.05, 0) is 43.2 Å². The second-order valence-electron chi connectivity index (χ2n) is 8.29. The summed E-state index contributed by atoms with van der Waals surface area (Å²) >= 11 is 21.1. The Balaban J connectivity index is 1.17. The summed E-state index contributed by atoms with van der Waals surface area (Å²) in [6, 6.07) is 11.4. The highest BCUT2D eigenvalue weighted by Gasteiger charge is 2.26. The summed E-state index contributed by atoms with van der Waals surface area (Å²) in [5, 5.41) is 8.40. The van der Waals surface area contributed by atoms with Crippen molar-refractivity contribution < 1.29 is 13.7 Å². The van der Waals surface area contributed by atoms with Gasteiger partial charge in [-0.15, -0.1) is 23.1 Å². The van der Waals surface area contributed by atoms with Crippen molar-refractivity contribution >= 4 is 63.8 Å². The number of piperidine rings is 1. The molecule has 0 unspecified atom stereocenters. The van der Waals surface area contributed by atoms with Gasteiger partial charge >= 0.3 is 0 Å². The summed E-state index contributed by atoms with van der Waals surface area (Å²) in [6.45, 7) is 1.33. The van der Waals surface area contributed by atoms with Gasteiger partial charge in [-0.1, -0.05) is 46.0 Å². The van der Waals surface area contributed by atoms with Crippen LogP contribution in [0.25, 0.3) is 22.7 Å². The third-order valence-corrected chi connectivity index (χ3v) is 9.17. The van der Waals surface area contributed by atoms with Crippen molar-refractivity contribution in [2.24, 2.45) is 0 Å². The minimum atomic E-state index is -0.390. The van der Waals surface area contributed by atoms with Crippen LogP contribution in [0.5, 0.6) is 0 Å². The average Bonchev–Trinajstić information content (AvgIpc) is 3.55. The molecule has 1 aliphatic heterocycles. The monoisotopic (exact) mass is 581 g/mol. The van der Waals surface area contributed by atoms with Crippen LogP contribution < -0.4 is 0 Å². The van der Waals surface area contributed by atoms with E-state index in [1.165, 1.54) is 23.9 Å². The molecular weight excluding hydrogens is 564 g/mol. The molecule has 4 aromatic rings. The van der Waals surface area contributed by atoms with Crippen molar-refractivity contribution in [2.45, 2.75) is 23.7 Å². The Hall–Kier alpha value is -2.10. The Labute approximate surface area is 230 Å². The normalized spacial score (nSPS) is 14.4. The first-order valence-electron chi connectivity index (χ1n) is 11.1. The molecule has 11 heteroatoms. The highest BCUT2D eigenvalue weighted by atomic mass is 35.5. The topological polar surface area (TPSA) is 59.2 Å². The van der Waals surface area contributed by atoms with Crippen LogP contribution in [-0.4, -0.2) is 39.8 Å². The third-order valence-electron chi connectivity index (χ3n) is 5.94.